The van der Waals surface area contributed by atoms with Crippen molar-refractivity contribution in [2.24, 2.45) is 5.41 Å². The number of hydrogen-bond acceptors (Lipinski definition) is 2. The predicted molar refractivity (Wildman–Crippen MR) is 89.8 cm³/mol. The van der Waals surface area contributed by atoms with Gasteiger partial charge in [-0.2, -0.15) is 0 Å². The monoisotopic (exact) mass is 380 g/mol. The van der Waals surface area contributed by atoms with Gasteiger partial charge in [0.15, 0.2) is 0 Å². The van der Waals surface area contributed by atoms with Crippen molar-refractivity contribution in [1.82, 2.24) is 10.2 Å². The van der Waals surface area contributed by atoms with Gasteiger partial charge in [0.05, 0.1) is 0 Å². The van der Waals surface area contributed by atoms with Crippen molar-refractivity contribution in [2.45, 2.75) is 69.9 Å². The molecule has 1 rings (SSSR count). The fourth-order valence-corrected chi connectivity index (χ4v) is 3.84. The molecule has 1 atom stereocenters. The van der Waals surface area contributed by atoms with E-state index in [9.17, 15) is 4.79 Å². The number of carbonyl (C=O) groups is 1. The second-order valence-corrected chi connectivity index (χ2v) is 8.87. The Morgan fingerprint density at radius 2 is 1.84 bits per heavy atom. The van der Waals surface area contributed by atoms with Crippen LogP contribution >= 0.6 is 22.6 Å². The summed E-state index contributed by atoms with van der Waals surface area (Å²) in [5.74, 6) is 0.221. The van der Waals surface area contributed by atoms with Gasteiger partial charge >= 0.3 is 0 Å². The highest BCUT2D eigenvalue weighted by molar-refractivity contribution is 14.1. The van der Waals surface area contributed by atoms with E-state index in [2.05, 4.69) is 67.4 Å². The van der Waals surface area contributed by atoms with Crippen LogP contribution in [0, 0.1) is 5.41 Å². The Morgan fingerprint density at radius 3 is 2.26 bits per heavy atom. The van der Waals surface area contributed by atoms with Gasteiger partial charge in [0, 0.05) is 34.5 Å². The maximum absolute atomic E-state index is 12.4. The number of amides is 1. The summed E-state index contributed by atoms with van der Waals surface area (Å²) in [6, 6.07) is 0.985. The molecule has 1 fully saturated rings. The van der Waals surface area contributed by atoms with Gasteiger partial charge in [0.2, 0.25) is 5.91 Å². The van der Waals surface area contributed by atoms with E-state index in [-0.39, 0.29) is 11.3 Å². The van der Waals surface area contributed by atoms with Crippen molar-refractivity contribution in [3.63, 3.8) is 0 Å². The van der Waals surface area contributed by atoms with Crippen molar-refractivity contribution in [1.29, 1.82) is 0 Å². The van der Waals surface area contributed by atoms with E-state index < -0.39 is 0 Å². The fraction of sp³-hybridized carbons (Fsp3) is 0.933. The molecule has 0 aromatic carbocycles. The molecular formula is C15H29IN2O. The summed E-state index contributed by atoms with van der Waals surface area (Å²) in [4.78, 5) is 14.8. The molecule has 1 aliphatic rings. The van der Waals surface area contributed by atoms with Crippen LogP contribution < -0.4 is 5.32 Å². The summed E-state index contributed by atoms with van der Waals surface area (Å²) < 4.78 is 0.529. The lowest BCUT2D eigenvalue weighted by atomic mass is 9.86. The molecule has 1 N–H and O–H groups in total. The standard InChI is InChI=1S/C15H29IN2O/c1-11(2)18-8-6-13(7-9-18)17-14(19)15(4,5)10-12(3)16/h11-13H,6-10H2,1-5H3,(H,17,19). The molecule has 1 unspecified atom stereocenters. The summed E-state index contributed by atoms with van der Waals surface area (Å²) >= 11 is 2.39. The number of halogens is 1. The van der Waals surface area contributed by atoms with Gasteiger partial charge in [-0.15, -0.1) is 0 Å². The predicted octanol–water partition coefficient (Wildman–Crippen LogP) is 3.22. The molecule has 0 saturated carbocycles. The van der Waals surface area contributed by atoms with Crippen molar-refractivity contribution in [3.05, 3.63) is 0 Å². The van der Waals surface area contributed by atoms with Gasteiger partial charge in [-0.3, -0.25) is 4.79 Å². The maximum atomic E-state index is 12.4. The second kappa shape index (κ2) is 7.25. The van der Waals surface area contributed by atoms with E-state index in [0.717, 1.165) is 32.4 Å². The first-order valence-electron chi connectivity index (χ1n) is 7.41. The lowest BCUT2D eigenvalue weighted by molar-refractivity contribution is -0.130. The third-order valence-electron chi connectivity index (χ3n) is 4.00. The zero-order chi connectivity index (χ0) is 14.6. The van der Waals surface area contributed by atoms with Crippen LogP contribution in [0.25, 0.3) is 0 Å². The van der Waals surface area contributed by atoms with E-state index in [4.69, 9.17) is 0 Å². The average Bonchev–Trinajstić information content (AvgIpc) is 2.27. The smallest absolute Gasteiger partial charge is 0.225 e. The largest absolute Gasteiger partial charge is 0.353 e. The van der Waals surface area contributed by atoms with Crippen LogP contribution in [0.2, 0.25) is 0 Å². The van der Waals surface area contributed by atoms with Gasteiger partial charge < -0.3 is 10.2 Å². The summed E-state index contributed by atoms with van der Waals surface area (Å²) in [5, 5.41) is 3.26. The highest BCUT2D eigenvalue weighted by Gasteiger charge is 2.31. The summed E-state index contributed by atoms with van der Waals surface area (Å²) in [6.07, 6.45) is 3.10. The first kappa shape index (κ1) is 17.2. The van der Waals surface area contributed by atoms with Crippen LogP contribution in [0.15, 0.2) is 0 Å². The van der Waals surface area contributed by atoms with Crippen LogP contribution in [-0.2, 0) is 4.79 Å². The molecule has 0 bridgehead atoms. The number of nitrogens with zero attached hydrogens (tertiary/aromatic N) is 1. The van der Waals surface area contributed by atoms with Gasteiger partial charge in [-0.25, -0.2) is 0 Å². The minimum Gasteiger partial charge on any atom is -0.353 e. The van der Waals surface area contributed by atoms with Gasteiger partial charge in [-0.1, -0.05) is 43.4 Å². The van der Waals surface area contributed by atoms with Gasteiger partial charge in [-0.05, 0) is 33.1 Å². The van der Waals surface area contributed by atoms with Gasteiger partial charge in [0.1, 0.15) is 0 Å². The third kappa shape index (κ3) is 5.58. The summed E-state index contributed by atoms with van der Waals surface area (Å²) in [6.45, 7) is 13.0. The molecule has 0 aromatic rings. The van der Waals surface area contributed by atoms with Crippen molar-refractivity contribution >= 4 is 28.5 Å². The van der Waals surface area contributed by atoms with E-state index in [1.807, 2.05) is 0 Å². The minimum atomic E-state index is -0.254. The average molecular weight is 380 g/mol. The molecule has 0 aromatic heterocycles. The van der Waals surface area contributed by atoms with Gasteiger partial charge in [0.25, 0.3) is 0 Å². The van der Waals surface area contributed by atoms with Crippen LogP contribution in [0.3, 0.4) is 0 Å². The Morgan fingerprint density at radius 1 is 1.32 bits per heavy atom. The molecule has 1 aliphatic heterocycles. The molecule has 112 valence electrons. The van der Waals surface area contributed by atoms with E-state index in [1.54, 1.807) is 0 Å². The van der Waals surface area contributed by atoms with Crippen LogP contribution in [0.4, 0.5) is 0 Å². The Balaban J connectivity index is 2.42. The van der Waals surface area contributed by atoms with Crippen molar-refractivity contribution in [2.75, 3.05) is 13.1 Å². The molecule has 1 amide bonds. The van der Waals surface area contributed by atoms with Crippen molar-refractivity contribution in [3.8, 4) is 0 Å². The molecule has 0 aliphatic carbocycles. The molecule has 0 radical (unpaired) electrons. The molecule has 1 saturated heterocycles. The lowest BCUT2D eigenvalue weighted by Gasteiger charge is -2.36. The van der Waals surface area contributed by atoms with E-state index in [1.165, 1.54) is 0 Å². The lowest BCUT2D eigenvalue weighted by Crippen LogP contribution is -2.49. The number of carbonyl (C=O) groups excluding carboxylic acids is 1. The molecule has 1 heterocycles. The highest BCUT2D eigenvalue weighted by Crippen LogP contribution is 2.26. The number of nitrogens with one attached hydrogen (secondary N) is 1. The van der Waals surface area contributed by atoms with Crippen LogP contribution in [0.1, 0.15) is 53.9 Å². The topological polar surface area (TPSA) is 32.3 Å². The molecule has 19 heavy (non-hydrogen) atoms. The summed E-state index contributed by atoms with van der Waals surface area (Å²) in [7, 11) is 0. The summed E-state index contributed by atoms with van der Waals surface area (Å²) in [5.41, 5.74) is -0.254. The Bertz CT molecular complexity index is 295. The quantitative estimate of drug-likeness (QED) is 0.587. The number of rotatable bonds is 5. The number of likely N-dealkylation sites (tertiary alicyclic amines) is 1. The first-order chi connectivity index (χ1) is 8.72. The number of hydrogen-bond donors (Lipinski definition) is 1. The maximum Gasteiger partial charge on any atom is 0.225 e. The normalized spacial score (nSPS) is 20.6. The molecule has 3 nitrogen and oxygen atoms in total. The van der Waals surface area contributed by atoms with Crippen molar-refractivity contribution < 1.29 is 4.79 Å². The molecule has 0 spiro atoms. The second-order valence-electron chi connectivity index (χ2n) is 6.75. The minimum absolute atomic E-state index is 0.221. The Kier molecular flexibility index (Phi) is 6.57. The number of alkyl halides is 1. The number of piperidine rings is 1. The molecular weight excluding hydrogens is 351 g/mol. The van der Waals surface area contributed by atoms with Crippen LogP contribution in [-0.4, -0.2) is 39.9 Å². The Labute approximate surface area is 132 Å². The SMILES string of the molecule is CC(I)CC(C)(C)C(=O)NC1CCN(C(C)C)CC1. The van der Waals surface area contributed by atoms with E-state index in [0.29, 0.717) is 16.0 Å². The highest BCUT2D eigenvalue weighted by atomic mass is 127. The third-order valence-corrected chi connectivity index (χ3v) is 4.44. The molecule has 4 heteroatoms. The Hall–Kier alpha value is 0.160. The first-order valence-corrected chi connectivity index (χ1v) is 8.66. The fourth-order valence-electron chi connectivity index (χ4n) is 2.74. The van der Waals surface area contributed by atoms with E-state index >= 15 is 0 Å². The van der Waals surface area contributed by atoms with Crippen LogP contribution in [0.5, 0.6) is 0 Å². The zero-order valence-electron chi connectivity index (χ0n) is 13.0. The zero-order valence-corrected chi connectivity index (χ0v) is 15.2.